The molecule has 0 spiro atoms. The molecule has 0 atom stereocenters. The second-order valence-electron chi connectivity index (χ2n) is 5.24. The van der Waals surface area contributed by atoms with E-state index in [1.807, 2.05) is 51.1 Å². The highest BCUT2D eigenvalue weighted by Crippen LogP contribution is 2.21. The Labute approximate surface area is 130 Å². The average molecular weight is 296 g/mol. The van der Waals surface area contributed by atoms with Crippen molar-refractivity contribution in [3.05, 3.63) is 59.2 Å². The Morgan fingerprint density at radius 3 is 2.18 bits per heavy atom. The number of nitrogens with one attached hydrogen (secondary N) is 2. The third-order valence-corrected chi connectivity index (χ3v) is 3.49. The van der Waals surface area contributed by atoms with Gasteiger partial charge in [-0.3, -0.25) is 9.59 Å². The van der Waals surface area contributed by atoms with Crippen LogP contribution in [0.25, 0.3) is 0 Å². The van der Waals surface area contributed by atoms with E-state index in [1.165, 1.54) is 0 Å². The van der Waals surface area contributed by atoms with Crippen molar-refractivity contribution in [1.82, 2.24) is 0 Å². The number of carbonyl (C=O) groups excluding carboxylic acids is 2. The molecule has 2 rings (SSSR count). The topological polar surface area (TPSA) is 58.2 Å². The average Bonchev–Trinajstić information content (AvgIpc) is 2.51. The monoisotopic (exact) mass is 296 g/mol. The number of benzene rings is 2. The lowest BCUT2D eigenvalue weighted by atomic mass is 10.1. The summed E-state index contributed by atoms with van der Waals surface area (Å²) in [6.45, 7) is 5.88. The fraction of sp³-hybridized carbons (Fsp3) is 0.222. The summed E-state index contributed by atoms with van der Waals surface area (Å²) in [7, 11) is 0. The Morgan fingerprint density at radius 2 is 1.55 bits per heavy atom. The van der Waals surface area contributed by atoms with Crippen LogP contribution in [0.3, 0.4) is 0 Å². The highest BCUT2D eigenvalue weighted by Gasteiger charge is 2.16. The normalized spacial score (nSPS) is 10.1. The van der Waals surface area contributed by atoms with Crippen LogP contribution in [0.15, 0.2) is 42.5 Å². The molecule has 0 heterocycles. The van der Waals surface area contributed by atoms with Crippen LogP contribution < -0.4 is 10.6 Å². The molecule has 0 saturated heterocycles. The molecule has 114 valence electrons. The van der Waals surface area contributed by atoms with E-state index in [9.17, 15) is 9.59 Å². The Balaban J connectivity index is 2.09. The zero-order valence-corrected chi connectivity index (χ0v) is 13.1. The summed E-state index contributed by atoms with van der Waals surface area (Å²) < 4.78 is 0. The lowest BCUT2D eigenvalue weighted by Crippen LogP contribution is -2.29. The maximum atomic E-state index is 12.1. The van der Waals surface area contributed by atoms with Crippen LogP contribution in [0, 0.1) is 13.8 Å². The summed E-state index contributed by atoms with van der Waals surface area (Å²) >= 11 is 0. The number of rotatable bonds is 3. The molecule has 2 aromatic carbocycles. The maximum absolute atomic E-state index is 12.1. The van der Waals surface area contributed by atoms with Crippen molar-refractivity contribution < 1.29 is 9.59 Å². The molecule has 0 unspecified atom stereocenters. The van der Waals surface area contributed by atoms with E-state index in [0.717, 1.165) is 23.1 Å². The quantitative estimate of drug-likeness (QED) is 0.852. The number of hydrogen-bond acceptors (Lipinski definition) is 2. The fourth-order valence-corrected chi connectivity index (χ4v) is 2.20. The predicted octanol–water partition coefficient (Wildman–Crippen LogP) is 3.44. The summed E-state index contributed by atoms with van der Waals surface area (Å²) in [6.07, 6.45) is 0.789. The van der Waals surface area contributed by atoms with E-state index in [4.69, 9.17) is 0 Å². The third-order valence-electron chi connectivity index (χ3n) is 3.49. The lowest BCUT2D eigenvalue weighted by molar-refractivity contribution is -0.133. The van der Waals surface area contributed by atoms with Gasteiger partial charge in [0.15, 0.2) is 0 Å². The molecular weight excluding hydrogens is 276 g/mol. The van der Waals surface area contributed by atoms with Crippen molar-refractivity contribution in [3.8, 4) is 0 Å². The van der Waals surface area contributed by atoms with Crippen molar-refractivity contribution in [2.75, 3.05) is 10.6 Å². The van der Waals surface area contributed by atoms with Gasteiger partial charge in [0.2, 0.25) is 0 Å². The second kappa shape index (κ2) is 6.89. The number of hydrogen-bond donors (Lipinski definition) is 2. The van der Waals surface area contributed by atoms with Crippen LogP contribution in [0.1, 0.15) is 23.6 Å². The fourth-order valence-electron chi connectivity index (χ4n) is 2.20. The molecule has 0 saturated carbocycles. The molecule has 2 N–H and O–H groups in total. The number of aryl methyl sites for hydroxylation is 3. The van der Waals surface area contributed by atoms with Crippen molar-refractivity contribution in [2.24, 2.45) is 0 Å². The van der Waals surface area contributed by atoms with Gasteiger partial charge in [0.25, 0.3) is 0 Å². The minimum absolute atomic E-state index is 0.603. The predicted molar refractivity (Wildman–Crippen MR) is 89.0 cm³/mol. The number of amides is 2. The second-order valence-corrected chi connectivity index (χ2v) is 5.24. The van der Waals surface area contributed by atoms with Crippen LogP contribution in [0.2, 0.25) is 0 Å². The van der Waals surface area contributed by atoms with Crippen molar-refractivity contribution in [2.45, 2.75) is 27.2 Å². The van der Waals surface area contributed by atoms with E-state index in [2.05, 4.69) is 10.6 Å². The van der Waals surface area contributed by atoms with Crippen molar-refractivity contribution in [3.63, 3.8) is 0 Å². The number of para-hydroxylation sites is 1. The Morgan fingerprint density at radius 1 is 0.909 bits per heavy atom. The van der Waals surface area contributed by atoms with Crippen LogP contribution in [0.5, 0.6) is 0 Å². The maximum Gasteiger partial charge on any atom is 0.314 e. The van der Waals surface area contributed by atoms with Crippen LogP contribution in [0.4, 0.5) is 11.4 Å². The van der Waals surface area contributed by atoms with Crippen LogP contribution in [-0.2, 0) is 16.0 Å². The van der Waals surface area contributed by atoms with Gasteiger partial charge >= 0.3 is 11.8 Å². The van der Waals surface area contributed by atoms with Crippen LogP contribution in [-0.4, -0.2) is 11.8 Å². The van der Waals surface area contributed by atoms with Gasteiger partial charge in [-0.05, 0) is 43.5 Å². The van der Waals surface area contributed by atoms with Gasteiger partial charge in [-0.25, -0.2) is 0 Å². The first kappa shape index (κ1) is 15.8. The molecule has 0 radical (unpaired) electrons. The first-order valence-electron chi connectivity index (χ1n) is 7.28. The summed E-state index contributed by atoms with van der Waals surface area (Å²) in [6, 6.07) is 13.1. The summed E-state index contributed by atoms with van der Waals surface area (Å²) in [4.78, 5) is 24.1. The van der Waals surface area contributed by atoms with Gasteiger partial charge < -0.3 is 10.6 Å². The van der Waals surface area contributed by atoms with Gasteiger partial charge in [0, 0.05) is 11.4 Å². The molecule has 4 nitrogen and oxygen atoms in total. The highest BCUT2D eigenvalue weighted by atomic mass is 16.2. The van der Waals surface area contributed by atoms with E-state index in [-0.39, 0.29) is 0 Å². The van der Waals surface area contributed by atoms with Gasteiger partial charge in [-0.15, -0.1) is 0 Å². The molecule has 2 amide bonds. The molecule has 0 aliphatic rings. The Kier molecular flexibility index (Phi) is 4.94. The van der Waals surface area contributed by atoms with Gasteiger partial charge in [0.1, 0.15) is 0 Å². The first-order chi connectivity index (χ1) is 10.5. The van der Waals surface area contributed by atoms with Crippen molar-refractivity contribution >= 4 is 23.2 Å². The third kappa shape index (κ3) is 3.73. The minimum Gasteiger partial charge on any atom is -0.318 e. The molecule has 0 aliphatic carbocycles. The van der Waals surface area contributed by atoms with E-state index in [1.54, 1.807) is 12.1 Å². The minimum atomic E-state index is -0.672. The summed E-state index contributed by atoms with van der Waals surface area (Å²) in [5.74, 6) is -1.33. The lowest BCUT2D eigenvalue weighted by Gasteiger charge is -2.12. The van der Waals surface area contributed by atoms with Gasteiger partial charge in [-0.2, -0.15) is 0 Å². The molecule has 22 heavy (non-hydrogen) atoms. The van der Waals surface area contributed by atoms with Gasteiger partial charge in [-0.1, -0.05) is 42.8 Å². The van der Waals surface area contributed by atoms with E-state index in [0.29, 0.717) is 11.4 Å². The zero-order valence-electron chi connectivity index (χ0n) is 13.1. The number of anilines is 2. The molecule has 0 fully saturated rings. The van der Waals surface area contributed by atoms with E-state index >= 15 is 0 Å². The van der Waals surface area contributed by atoms with Crippen LogP contribution >= 0.6 is 0 Å². The molecule has 0 aliphatic heterocycles. The Hall–Kier alpha value is -2.62. The summed E-state index contributed by atoms with van der Waals surface area (Å²) in [5.41, 5.74) is 4.36. The molecule has 0 aromatic heterocycles. The Bertz CT molecular complexity index is 691. The first-order valence-corrected chi connectivity index (χ1v) is 7.28. The highest BCUT2D eigenvalue weighted by molar-refractivity contribution is 6.43. The SMILES string of the molecule is CCc1cccc(C)c1NC(=O)C(=O)Nc1ccc(C)cc1. The molecular formula is C18H20N2O2. The number of carbonyl (C=O) groups is 2. The molecule has 2 aromatic rings. The standard InChI is InChI=1S/C18H20N2O2/c1-4-14-7-5-6-13(3)16(14)20-18(22)17(21)19-15-10-8-12(2)9-11-15/h5-11H,4H2,1-3H3,(H,19,21)(H,20,22). The zero-order chi connectivity index (χ0) is 16.1. The van der Waals surface area contributed by atoms with Gasteiger partial charge in [0.05, 0.1) is 0 Å². The molecule has 0 bridgehead atoms. The van der Waals surface area contributed by atoms with Crippen molar-refractivity contribution in [1.29, 1.82) is 0 Å². The molecule has 4 heteroatoms. The smallest absolute Gasteiger partial charge is 0.314 e. The summed E-state index contributed by atoms with van der Waals surface area (Å²) in [5, 5.41) is 5.31. The van der Waals surface area contributed by atoms with E-state index < -0.39 is 11.8 Å². The largest absolute Gasteiger partial charge is 0.318 e.